The first-order valence-electron chi connectivity index (χ1n) is 13.3. The second-order valence-electron chi connectivity index (χ2n) is 10.2. The molecule has 0 radical (unpaired) electrons. The third-order valence-electron chi connectivity index (χ3n) is 7.64. The Kier molecular flexibility index (Phi) is 6.38. The smallest absolute Gasteiger partial charge is 0.257 e. The first kappa shape index (κ1) is 25.4. The maximum absolute atomic E-state index is 4.84. The Labute approximate surface area is 233 Å². The Morgan fingerprint density at radius 2 is 0.775 bits per heavy atom. The first-order valence-corrected chi connectivity index (χ1v) is 13.3. The average Bonchev–Trinajstić information content (AvgIpc) is 3.63. The lowest BCUT2D eigenvalue weighted by Gasteiger charge is -2.20. The van der Waals surface area contributed by atoms with Crippen LogP contribution in [0.2, 0.25) is 0 Å². The van der Waals surface area contributed by atoms with Crippen LogP contribution < -0.4 is 16.4 Å². The molecule has 6 aromatic rings. The molecule has 6 aromatic heterocycles. The Bertz CT molecular complexity index is 1630. The van der Waals surface area contributed by atoms with Crippen molar-refractivity contribution in [1.82, 2.24) is 45.5 Å². The Morgan fingerprint density at radius 1 is 0.475 bits per heavy atom. The number of pyridine rings is 3. The molecule has 0 amide bonds. The highest BCUT2D eigenvalue weighted by atomic mass is 15.1. The van der Waals surface area contributed by atoms with Crippen LogP contribution in [0, 0.1) is 41.5 Å². The minimum absolute atomic E-state index is 0.268. The predicted octanol–water partition coefficient (Wildman–Crippen LogP) is 3.41. The number of hydrogen-bond acceptors (Lipinski definition) is 6. The van der Waals surface area contributed by atoms with Crippen LogP contribution in [0.4, 0.5) is 0 Å². The van der Waals surface area contributed by atoms with Gasteiger partial charge in [0.2, 0.25) is 0 Å². The number of rotatable bonds is 6. The average molecular weight is 527 g/mol. The zero-order valence-electron chi connectivity index (χ0n) is 23.5. The van der Waals surface area contributed by atoms with Gasteiger partial charge in [0.15, 0.2) is 0 Å². The minimum atomic E-state index is -0.268. The number of nitrogens with one attached hydrogen (secondary N) is 3. The van der Waals surface area contributed by atoms with Crippen LogP contribution in [0.15, 0.2) is 55.0 Å². The van der Waals surface area contributed by atoms with Crippen molar-refractivity contribution in [3.63, 3.8) is 0 Å². The highest BCUT2D eigenvalue weighted by molar-refractivity contribution is 6.98. The van der Waals surface area contributed by atoms with Crippen molar-refractivity contribution in [2.24, 2.45) is 0 Å². The van der Waals surface area contributed by atoms with Crippen molar-refractivity contribution in [1.29, 1.82) is 0 Å². The molecular formula is C30H30BN9. The van der Waals surface area contributed by atoms with Crippen LogP contribution in [0.5, 0.6) is 0 Å². The highest BCUT2D eigenvalue weighted by Crippen LogP contribution is 2.26. The van der Waals surface area contributed by atoms with E-state index in [-0.39, 0.29) is 6.71 Å². The summed E-state index contributed by atoms with van der Waals surface area (Å²) in [4.78, 5) is 13.7. The molecule has 198 valence electrons. The first-order chi connectivity index (χ1) is 19.4. The number of aromatic amines is 3. The molecule has 10 heteroatoms. The summed E-state index contributed by atoms with van der Waals surface area (Å²) in [5.41, 5.74) is 14.3. The summed E-state index contributed by atoms with van der Waals surface area (Å²) in [5, 5.41) is 24.4. The molecule has 40 heavy (non-hydrogen) atoms. The molecule has 0 aliphatic rings. The third kappa shape index (κ3) is 4.12. The molecule has 0 unspecified atom stereocenters. The summed E-state index contributed by atoms with van der Waals surface area (Å²) in [5.74, 6) is 0. The lowest BCUT2D eigenvalue weighted by atomic mass is 9.34. The summed E-state index contributed by atoms with van der Waals surface area (Å²) in [6, 6.07) is 12.1. The number of nitrogens with zero attached hydrogens (tertiary/aromatic N) is 6. The normalized spacial score (nSPS) is 11.2. The summed E-state index contributed by atoms with van der Waals surface area (Å²) < 4.78 is 0. The maximum atomic E-state index is 4.84. The Balaban J connectivity index is 1.72. The van der Waals surface area contributed by atoms with Gasteiger partial charge in [-0.25, -0.2) is 0 Å². The van der Waals surface area contributed by atoms with E-state index < -0.39 is 0 Å². The molecule has 0 atom stereocenters. The quantitative estimate of drug-likeness (QED) is 0.285. The van der Waals surface area contributed by atoms with Crippen molar-refractivity contribution < 1.29 is 0 Å². The second-order valence-corrected chi connectivity index (χ2v) is 10.2. The lowest BCUT2D eigenvalue weighted by molar-refractivity contribution is 1.05. The monoisotopic (exact) mass is 527 g/mol. The summed E-state index contributed by atoms with van der Waals surface area (Å²) in [6.07, 6.45) is 5.42. The molecule has 0 aliphatic heterocycles. The molecule has 0 bridgehead atoms. The Hall–Kier alpha value is -4.86. The predicted molar refractivity (Wildman–Crippen MR) is 159 cm³/mol. The van der Waals surface area contributed by atoms with Gasteiger partial charge in [-0.1, -0.05) is 0 Å². The fraction of sp³-hybridized carbons (Fsp3) is 0.200. The van der Waals surface area contributed by atoms with E-state index in [2.05, 4.69) is 69.2 Å². The van der Waals surface area contributed by atoms with Gasteiger partial charge < -0.3 is 0 Å². The van der Waals surface area contributed by atoms with Crippen LogP contribution >= 0.6 is 0 Å². The molecule has 0 aliphatic carbocycles. The summed E-state index contributed by atoms with van der Waals surface area (Å²) >= 11 is 0. The lowest BCUT2D eigenvalue weighted by Crippen LogP contribution is -2.55. The van der Waals surface area contributed by atoms with Gasteiger partial charge in [0.1, 0.15) is 0 Å². The van der Waals surface area contributed by atoms with Gasteiger partial charge in [-0.3, -0.25) is 30.2 Å². The molecule has 6 heterocycles. The standard InChI is InChI=1S/C30H30BN9/c1-16-22(10-7-13-32-16)28-25(19(4)35-38-28)31(26-20(5)36-39-29(26)23-11-8-14-33-17(23)2)27-21(6)37-40-30(27)24-12-9-15-34-18(24)3/h7-15H,1-6H3,(H,35,38)(H,36,39)(H,37,40). The summed E-state index contributed by atoms with van der Waals surface area (Å²) in [6.45, 7) is 12.0. The van der Waals surface area contributed by atoms with Gasteiger partial charge in [-0.2, -0.15) is 15.3 Å². The maximum Gasteiger partial charge on any atom is 0.257 e. The van der Waals surface area contributed by atoms with E-state index in [1.807, 2.05) is 57.6 Å². The fourth-order valence-electron chi connectivity index (χ4n) is 5.63. The largest absolute Gasteiger partial charge is 0.283 e. The number of hydrogen-bond donors (Lipinski definition) is 3. The number of H-pyrrole nitrogens is 3. The van der Waals surface area contributed by atoms with E-state index in [1.54, 1.807) is 0 Å². The van der Waals surface area contributed by atoms with Gasteiger partial charge in [0.25, 0.3) is 6.71 Å². The topological polar surface area (TPSA) is 125 Å². The number of aromatic nitrogens is 9. The van der Waals surface area contributed by atoms with Crippen LogP contribution in [0.25, 0.3) is 33.8 Å². The van der Waals surface area contributed by atoms with Crippen LogP contribution in [-0.4, -0.2) is 52.3 Å². The summed E-state index contributed by atoms with van der Waals surface area (Å²) in [7, 11) is 0. The van der Waals surface area contributed by atoms with Crippen LogP contribution in [-0.2, 0) is 0 Å². The SMILES string of the molecule is Cc1ncccc1-c1n[nH]c(C)c1B(c1c(-c2cccnc2C)n[nH]c1C)c1c(-c2cccnc2C)n[nH]c1C. The fourth-order valence-corrected chi connectivity index (χ4v) is 5.63. The van der Waals surface area contributed by atoms with Gasteiger partial charge in [-0.05, 0) is 94.3 Å². The van der Waals surface area contributed by atoms with Crippen molar-refractivity contribution in [3.8, 4) is 33.8 Å². The molecule has 0 fully saturated rings. The van der Waals surface area contributed by atoms with Crippen LogP contribution in [0.1, 0.15) is 34.2 Å². The van der Waals surface area contributed by atoms with Crippen molar-refractivity contribution in [2.75, 3.05) is 0 Å². The van der Waals surface area contributed by atoms with E-state index in [9.17, 15) is 0 Å². The van der Waals surface area contributed by atoms with Gasteiger partial charge in [0.05, 0.1) is 17.1 Å². The van der Waals surface area contributed by atoms with E-state index in [0.29, 0.717) is 0 Å². The van der Waals surface area contributed by atoms with E-state index >= 15 is 0 Å². The minimum Gasteiger partial charge on any atom is -0.283 e. The van der Waals surface area contributed by atoms with Gasteiger partial charge in [-0.15, -0.1) is 0 Å². The number of aryl methyl sites for hydroxylation is 6. The van der Waals surface area contributed by atoms with Crippen molar-refractivity contribution >= 4 is 23.1 Å². The molecular weight excluding hydrogens is 497 g/mol. The van der Waals surface area contributed by atoms with Crippen molar-refractivity contribution in [3.05, 3.63) is 89.2 Å². The van der Waals surface area contributed by atoms with Crippen LogP contribution in [0.3, 0.4) is 0 Å². The van der Waals surface area contributed by atoms with E-state index in [4.69, 9.17) is 15.3 Å². The molecule has 0 spiro atoms. The second kappa shape index (κ2) is 10.0. The molecule has 9 nitrogen and oxygen atoms in total. The molecule has 0 aromatic carbocycles. The molecule has 3 N–H and O–H groups in total. The van der Waals surface area contributed by atoms with Gasteiger partial charge in [0, 0.05) is 69.4 Å². The highest BCUT2D eigenvalue weighted by Gasteiger charge is 2.38. The van der Waals surface area contributed by atoms with E-state index in [1.165, 1.54) is 0 Å². The Morgan fingerprint density at radius 3 is 1.05 bits per heavy atom. The van der Waals surface area contributed by atoms with E-state index in [0.717, 1.165) is 84.3 Å². The molecule has 0 saturated heterocycles. The zero-order valence-corrected chi connectivity index (χ0v) is 23.5. The molecule has 0 saturated carbocycles. The van der Waals surface area contributed by atoms with Crippen molar-refractivity contribution in [2.45, 2.75) is 41.5 Å². The zero-order chi connectivity index (χ0) is 28.0. The van der Waals surface area contributed by atoms with Gasteiger partial charge >= 0.3 is 0 Å². The third-order valence-corrected chi connectivity index (χ3v) is 7.64. The molecule has 6 rings (SSSR count).